The maximum absolute atomic E-state index is 13.6. The van der Waals surface area contributed by atoms with Crippen molar-refractivity contribution in [2.24, 2.45) is 0 Å². The zero-order valence-electron chi connectivity index (χ0n) is 23.9. The number of amides is 2. The summed E-state index contributed by atoms with van der Waals surface area (Å²) in [6, 6.07) is 23.4. The first-order chi connectivity index (χ1) is 19.4. The molecular weight excluding hydrogens is 502 g/mol. The van der Waals surface area contributed by atoms with Gasteiger partial charge in [0.25, 0.3) is 5.91 Å². The quantitative estimate of drug-likeness (QED) is 0.327. The molecule has 0 bridgehead atoms. The fraction of sp³-hybridized carbons (Fsp3) is 0.394. The summed E-state index contributed by atoms with van der Waals surface area (Å²) in [5.41, 5.74) is 4.17. The number of nitrogens with one attached hydrogen (secondary N) is 1. The number of hydrogen-bond donors (Lipinski definition) is 1. The summed E-state index contributed by atoms with van der Waals surface area (Å²) in [5.74, 6) is 1.16. The fourth-order valence-corrected chi connectivity index (χ4v) is 4.98. The third kappa shape index (κ3) is 8.01. The van der Waals surface area contributed by atoms with Crippen molar-refractivity contribution >= 4 is 17.5 Å². The first-order valence-corrected chi connectivity index (χ1v) is 14.2. The number of carbonyl (C=O) groups excluding carboxylic acids is 2. The van der Waals surface area contributed by atoms with Crippen molar-refractivity contribution in [1.29, 1.82) is 0 Å². The molecule has 1 fully saturated rings. The number of para-hydroxylation sites is 1. The van der Waals surface area contributed by atoms with E-state index < -0.39 is 6.04 Å². The van der Waals surface area contributed by atoms with Crippen LogP contribution in [0.15, 0.2) is 72.8 Å². The van der Waals surface area contributed by atoms with E-state index in [2.05, 4.69) is 29.3 Å². The number of rotatable bonds is 12. The molecule has 1 N–H and O–H groups in total. The van der Waals surface area contributed by atoms with Gasteiger partial charge < -0.3 is 24.6 Å². The van der Waals surface area contributed by atoms with Gasteiger partial charge in [-0.15, -0.1) is 0 Å². The topological polar surface area (TPSA) is 71.1 Å². The molecule has 0 radical (unpaired) electrons. The number of nitrogens with zero attached hydrogens (tertiary/aromatic N) is 2. The van der Waals surface area contributed by atoms with Crippen LogP contribution in [0.25, 0.3) is 0 Å². The molecule has 40 heavy (non-hydrogen) atoms. The van der Waals surface area contributed by atoms with Crippen molar-refractivity contribution in [2.45, 2.75) is 58.7 Å². The molecule has 0 unspecified atom stereocenters. The minimum absolute atomic E-state index is 0.101. The maximum atomic E-state index is 13.6. The Labute approximate surface area is 238 Å². The number of benzene rings is 3. The van der Waals surface area contributed by atoms with E-state index in [1.54, 1.807) is 4.90 Å². The molecule has 0 aromatic heterocycles. The Morgan fingerprint density at radius 3 is 2.52 bits per heavy atom. The van der Waals surface area contributed by atoms with Crippen LogP contribution in [0.4, 0.5) is 5.69 Å². The minimum Gasteiger partial charge on any atom is -0.493 e. The molecule has 0 spiro atoms. The zero-order chi connectivity index (χ0) is 28.3. The third-order valence-corrected chi connectivity index (χ3v) is 7.13. The van der Waals surface area contributed by atoms with Crippen LogP contribution in [0, 0.1) is 6.92 Å². The molecule has 1 aliphatic heterocycles. The average molecular weight is 544 g/mol. The van der Waals surface area contributed by atoms with Gasteiger partial charge in [0.15, 0.2) is 6.61 Å². The van der Waals surface area contributed by atoms with Crippen LogP contribution < -0.4 is 19.7 Å². The molecule has 7 nitrogen and oxygen atoms in total. The summed E-state index contributed by atoms with van der Waals surface area (Å²) >= 11 is 0. The first-order valence-electron chi connectivity index (χ1n) is 14.2. The molecule has 212 valence electrons. The van der Waals surface area contributed by atoms with E-state index in [0.717, 1.165) is 47.4 Å². The van der Waals surface area contributed by atoms with Gasteiger partial charge in [0.1, 0.15) is 17.5 Å². The summed E-state index contributed by atoms with van der Waals surface area (Å²) in [4.78, 5) is 30.4. The van der Waals surface area contributed by atoms with Gasteiger partial charge in [-0.3, -0.25) is 9.59 Å². The average Bonchev–Trinajstić information content (AvgIpc) is 3.18. The van der Waals surface area contributed by atoms with Gasteiger partial charge >= 0.3 is 0 Å². The van der Waals surface area contributed by atoms with Gasteiger partial charge in [-0.05, 0) is 79.6 Å². The van der Waals surface area contributed by atoms with Crippen molar-refractivity contribution in [3.63, 3.8) is 0 Å². The Morgan fingerprint density at radius 2 is 1.75 bits per heavy atom. The van der Waals surface area contributed by atoms with Gasteiger partial charge in [-0.25, -0.2) is 0 Å². The SMILES string of the molecule is CCCOc1ccc(CN(C(=O)COc2cccc(CN(C)c3ccccc3)c2)[C@H]2CCCCNC2=O)cc1C. The lowest BCUT2D eigenvalue weighted by Gasteiger charge is -2.30. The first kappa shape index (κ1) is 29.0. The molecule has 0 saturated carbocycles. The minimum atomic E-state index is -0.527. The van der Waals surface area contributed by atoms with Gasteiger partial charge in [0, 0.05) is 32.4 Å². The van der Waals surface area contributed by atoms with Crippen LogP contribution in [0.3, 0.4) is 0 Å². The highest BCUT2D eigenvalue weighted by Gasteiger charge is 2.31. The van der Waals surface area contributed by atoms with E-state index in [-0.39, 0.29) is 18.4 Å². The molecular formula is C33H41N3O4. The van der Waals surface area contributed by atoms with Crippen LogP contribution in [0.1, 0.15) is 49.3 Å². The van der Waals surface area contributed by atoms with E-state index in [1.165, 1.54) is 0 Å². The van der Waals surface area contributed by atoms with Crippen LogP contribution in [0.2, 0.25) is 0 Å². The van der Waals surface area contributed by atoms with Crippen LogP contribution in [-0.2, 0) is 22.7 Å². The molecule has 1 aliphatic rings. The number of carbonyl (C=O) groups is 2. The molecule has 2 amide bonds. The van der Waals surface area contributed by atoms with Crippen molar-refractivity contribution in [3.8, 4) is 11.5 Å². The second-order valence-corrected chi connectivity index (χ2v) is 10.4. The Morgan fingerprint density at radius 1 is 0.950 bits per heavy atom. The molecule has 1 heterocycles. The molecule has 1 saturated heterocycles. The van der Waals surface area contributed by atoms with Gasteiger partial charge in [0.05, 0.1) is 6.61 Å². The molecule has 3 aromatic carbocycles. The van der Waals surface area contributed by atoms with Gasteiger partial charge in [0.2, 0.25) is 5.91 Å². The number of aryl methyl sites for hydroxylation is 1. The summed E-state index contributed by atoms with van der Waals surface area (Å²) < 4.78 is 11.8. The van der Waals surface area contributed by atoms with E-state index in [0.29, 0.717) is 38.4 Å². The molecule has 1 atom stereocenters. The second-order valence-electron chi connectivity index (χ2n) is 10.4. The van der Waals surface area contributed by atoms with Crippen molar-refractivity contribution in [3.05, 3.63) is 89.5 Å². The van der Waals surface area contributed by atoms with Crippen LogP contribution in [-0.4, -0.2) is 49.6 Å². The standard InChI is InChI=1S/C33H41N3O4/c1-4-19-39-31-17-16-27(20-25(31)2)23-36(30-15-8-9-18-34-33(30)38)32(37)24-40-29-14-10-11-26(21-29)22-35(3)28-12-6-5-7-13-28/h5-7,10-14,16-17,20-21,30H,4,8-9,15,18-19,22-24H2,1-3H3,(H,34,38)/t30-/m0/s1. The van der Waals surface area contributed by atoms with Crippen molar-refractivity contribution < 1.29 is 19.1 Å². The van der Waals surface area contributed by atoms with Gasteiger partial charge in [-0.1, -0.05) is 49.4 Å². The van der Waals surface area contributed by atoms with Gasteiger partial charge in [-0.2, -0.15) is 0 Å². The Kier molecular flexibility index (Phi) is 10.4. The lowest BCUT2D eigenvalue weighted by molar-refractivity contribution is -0.142. The molecule has 4 rings (SSSR count). The highest BCUT2D eigenvalue weighted by Crippen LogP contribution is 2.23. The van der Waals surface area contributed by atoms with Crippen molar-refractivity contribution in [2.75, 3.05) is 31.7 Å². The lowest BCUT2D eigenvalue weighted by Crippen LogP contribution is -2.49. The number of hydrogen-bond acceptors (Lipinski definition) is 5. The third-order valence-electron chi connectivity index (χ3n) is 7.13. The van der Waals surface area contributed by atoms with E-state index in [1.807, 2.05) is 74.6 Å². The zero-order valence-corrected chi connectivity index (χ0v) is 23.9. The molecule has 3 aromatic rings. The molecule has 0 aliphatic carbocycles. The summed E-state index contributed by atoms with van der Waals surface area (Å²) in [6.07, 6.45) is 3.36. The summed E-state index contributed by atoms with van der Waals surface area (Å²) in [5, 5.41) is 2.97. The fourth-order valence-electron chi connectivity index (χ4n) is 4.98. The van der Waals surface area contributed by atoms with Crippen LogP contribution in [0.5, 0.6) is 11.5 Å². The highest BCUT2D eigenvalue weighted by molar-refractivity contribution is 5.88. The predicted octanol–water partition coefficient (Wildman–Crippen LogP) is 5.50. The van der Waals surface area contributed by atoms with E-state index in [4.69, 9.17) is 9.47 Å². The second kappa shape index (κ2) is 14.4. The monoisotopic (exact) mass is 543 g/mol. The lowest BCUT2D eigenvalue weighted by atomic mass is 10.1. The number of anilines is 1. The van der Waals surface area contributed by atoms with Crippen LogP contribution >= 0.6 is 0 Å². The molecule has 7 heteroatoms. The van der Waals surface area contributed by atoms with E-state index in [9.17, 15) is 9.59 Å². The predicted molar refractivity (Wildman–Crippen MR) is 159 cm³/mol. The Hall–Kier alpha value is -4.00. The Balaban J connectivity index is 1.46. The number of ether oxygens (including phenoxy) is 2. The Bertz CT molecular complexity index is 1260. The normalized spacial score (nSPS) is 15.1. The summed E-state index contributed by atoms with van der Waals surface area (Å²) in [6.45, 7) is 6.28. The smallest absolute Gasteiger partial charge is 0.261 e. The largest absolute Gasteiger partial charge is 0.493 e. The van der Waals surface area contributed by atoms with E-state index >= 15 is 0 Å². The summed E-state index contributed by atoms with van der Waals surface area (Å²) in [7, 11) is 2.05. The van der Waals surface area contributed by atoms with Crippen molar-refractivity contribution in [1.82, 2.24) is 10.2 Å². The highest BCUT2D eigenvalue weighted by atomic mass is 16.5. The maximum Gasteiger partial charge on any atom is 0.261 e.